The van der Waals surface area contributed by atoms with Gasteiger partial charge in [0, 0.05) is 25.5 Å². The predicted octanol–water partition coefficient (Wildman–Crippen LogP) is 3.54. The minimum Gasteiger partial charge on any atom is -0.341 e. The molecule has 1 fully saturated rings. The third-order valence-corrected chi connectivity index (χ3v) is 5.96. The maximum absolute atomic E-state index is 14.3. The van der Waals surface area contributed by atoms with E-state index in [-0.39, 0.29) is 11.9 Å². The molecule has 0 aliphatic carbocycles. The molecule has 35 heavy (non-hydrogen) atoms. The summed E-state index contributed by atoms with van der Waals surface area (Å²) in [4.78, 5) is 20.0. The zero-order chi connectivity index (χ0) is 24.8. The fourth-order valence-electron chi connectivity index (χ4n) is 4.08. The van der Waals surface area contributed by atoms with E-state index >= 15 is 0 Å². The summed E-state index contributed by atoms with van der Waals surface area (Å²) >= 11 is -0.750. The van der Waals surface area contributed by atoms with Gasteiger partial charge in [-0.15, -0.1) is 0 Å². The third-order valence-electron chi connectivity index (χ3n) is 5.96. The Kier molecular flexibility index (Phi) is 7.70. The SMILES string of the molecule is CCc1cnc(N2CCC(n3ncc4c(Nc5ccc(C)cc5F)ncnc43)CC2)nc1.O=S=O. The van der Waals surface area contributed by atoms with Crippen molar-refractivity contribution in [2.45, 2.75) is 39.2 Å². The largest absolute Gasteiger partial charge is 0.341 e. The molecule has 5 rings (SSSR count). The molecule has 1 saturated heterocycles. The van der Waals surface area contributed by atoms with Crippen molar-refractivity contribution in [1.82, 2.24) is 29.7 Å². The second-order valence-corrected chi connectivity index (χ2v) is 8.32. The Morgan fingerprint density at radius 1 is 1.09 bits per heavy atom. The van der Waals surface area contributed by atoms with Gasteiger partial charge in [0.1, 0.15) is 18.0 Å². The molecule has 4 heterocycles. The molecule has 0 amide bonds. The van der Waals surface area contributed by atoms with Gasteiger partial charge in [-0.2, -0.15) is 13.5 Å². The molecule has 10 nitrogen and oxygen atoms in total. The van der Waals surface area contributed by atoms with Gasteiger partial charge < -0.3 is 10.2 Å². The highest BCUT2D eigenvalue weighted by molar-refractivity contribution is 7.51. The van der Waals surface area contributed by atoms with Crippen LogP contribution in [0, 0.1) is 12.7 Å². The normalized spacial score (nSPS) is 13.9. The minimum atomic E-state index is -0.750. The van der Waals surface area contributed by atoms with E-state index < -0.39 is 11.6 Å². The monoisotopic (exact) mass is 496 g/mol. The Labute approximate surface area is 205 Å². The molecule has 0 saturated carbocycles. The van der Waals surface area contributed by atoms with Crippen LogP contribution in [-0.2, 0) is 18.0 Å². The van der Waals surface area contributed by atoms with Crippen molar-refractivity contribution in [1.29, 1.82) is 0 Å². The quantitative estimate of drug-likeness (QED) is 0.442. The van der Waals surface area contributed by atoms with Crippen molar-refractivity contribution in [3.05, 3.63) is 60.1 Å². The van der Waals surface area contributed by atoms with E-state index in [4.69, 9.17) is 8.42 Å². The Hall–Kier alpha value is -3.80. The number of benzene rings is 1. The molecular formula is C23H25FN8O2S. The van der Waals surface area contributed by atoms with Crippen LogP contribution < -0.4 is 10.2 Å². The van der Waals surface area contributed by atoms with Crippen molar-refractivity contribution < 1.29 is 12.8 Å². The van der Waals surface area contributed by atoms with E-state index in [1.54, 1.807) is 12.3 Å². The van der Waals surface area contributed by atoms with Crippen LogP contribution in [0.4, 0.5) is 21.8 Å². The van der Waals surface area contributed by atoms with Gasteiger partial charge in [-0.25, -0.2) is 29.0 Å². The number of aryl methyl sites for hydroxylation is 2. The highest BCUT2D eigenvalue weighted by atomic mass is 32.1. The van der Waals surface area contributed by atoms with E-state index in [2.05, 4.69) is 42.2 Å². The molecule has 1 aliphatic heterocycles. The van der Waals surface area contributed by atoms with Crippen molar-refractivity contribution in [2.75, 3.05) is 23.3 Å². The lowest BCUT2D eigenvalue weighted by molar-refractivity contribution is 0.372. The van der Waals surface area contributed by atoms with Crippen molar-refractivity contribution in [2.24, 2.45) is 0 Å². The van der Waals surface area contributed by atoms with E-state index in [0.29, 0.717) is 11.5 Å². The number of aromatic nitrogens is 6. The summed E-state index contributed by atoms with van der Waals surface area (Å²) in [6.45, 7) is 5.65. The van der Waals surface area contributed by atoms with Gasteiger partial charge in [-0.3, -0.25) is 0 Å². The summed E-state index contributed by atoms with van der Waals surface area (Å²) in [5.74, 6) is 1.01. The van der Waals surface area contributed by atoms with E-state index in [1.807, 2.05) is 30.1 Å². The number of halogens is 1. The van der Waals surface area contributed by atoms with Gasteiger partial charge in [0.2, 0.25) is 5.95 Å². The number of nitrogens with zero attached hydrogens (tertiary/aromatic N) is 7. The Balaban J connectivity index is 0.000000917. The molecule has 1 aromatic carbocycles. The number of rotatable bonds is 5. The first-order chi connectivity index (χ1) is 17.0. The minimum absolute atomic E-state index is 0.220. The summed E-state index contributed by atoms with van der Waals surface area (Å²) in [7, 11) is 0. The predicted molar refractivity (Wildman–Crippen MR) is 131 cm³/mol. The zero-order valence-electron chi connectivity index (χ0n) is 19.4. The average Bonchev–Trinajstić information content (AvgIpc) is 3.32. The highest BCUT2D eigenvalue weighted by Gasteiger charge is 2.25. The van der Waals surface area contributed by atoms with Crippen LogP contribution in [0.5, 0.6) is 0 Å². The van der Waals surface area contributed by atoms with Crippen molar-refractivity contribution in [3.8, 4) is 0 Å². The van der Waals surface area contributed by atoms with Gasteiger partial charge in [-0.1, -0.05) is 13.0 Å². The number of anilines is 3. The van der Waals surface area contributed by atoms with Crippen LogP contribution in [0.25, 0.3) is 11.0 Å². The van der Waals surface area contributed by atoms with Gasteiger partial charge in [0.05, 0.1) is 23.3 Å². The second-order valence-electron chi connectivity index (χ2n) is 8.19. The van der Waals surface area contributed by atoms with E-state index in [1.165, 1.54) is 12.4 Å². The van der Waals surface area contributed by atoms with Crippen LogP contribution in [0.3, 0.4) is 0 Å². The molecule has 0 radical (unpaired) electrons. The molecule has 0 unspecified atom stereocenters. The number of nitrogens with one attached hydrogen (secondary N) is 1. The number of piperidine rings is 1. The van der Waals surface area contributed by atoms with Crippen LogP contribution in [0.15, 0.2) is 43.1 Å². The first kappa shape index (κ1) is 24.3. The molecule has 1 aliphatic rings. The fraction of sp³-hybridized carbons (Fsp3) is 0.348. The molecule has 3 aromatic heterocycles. The second kappa shape index (κ2) is 11.1. The van der Waals surface area contributed by atoms with Gasteiger partial charge >= 0.3 is 11.6 Å². The molecule has 4 aromatic rings. The molecule has 1 N–H and O–H groups in total. The summed E-state index contributed by atoms with van der Waals surface area (Å²) < 4.78 is 32.9. The van der Waals surface area contributed by atoms with E-state index in [0.717, 1.165) is 60.5 Å². The maximum Gasteiger partial charge on any atom is 0.335 e. The fourth-order valence-corrected chi connectivity index (χ4v) is 4.08. The lowest BCUT2D eigenvalue weighted by Gasteiger charge is -2.32. The Morgan fingerprint density at radius 2 is 1.80 bits per heavy atom. The molecule has 12 heteroatoms. The topological polar surface area (TPSA) is 119 Å². The Bertz CT molecular complexity index is 1330. The molecular weight excluding hydrogens is 471 g/mol. The first-order valence-corrected chi connectivity index (χ1v) is 11.9. The van der Waals surface area contributed by atoms with Crippen molar-refractivity contribution in [3.63, 3.8) is 0 Å². The van der Waals surface area contributed by atoms with Crippen LogP contribution in [-0.4, -0.2) is 51.2 Å². The van der Waals surface area contributed by atoms with Crippen molar-refractivity contribution >= 4 is 40.1 Å². The standard InChI is InChI=1S/C23H25FN8.O2S/c1-3-16-11-25-23(26-12-16)31-8-6-17(7-9-31)32-22-18(13-29-32)21(27-14-28-22)30-20-5-4-15(2)10-19(20)24;1-3-2/h4-5,10-14,17H,3,6-9H2,1-2H3,(H,27,28,30);. The van der Waals surface area contributed by atoms with Gasteiger partial charge in [0.15, 0.2) is 5.65 Å². The zero-order valence-corrected chi connectivity index (χ0v) is 20.2. The Morgan fingerprint density at radius 3 is 2.46 bits per heavy atom. The summed E-state index contributed by atoms with van der Waals surface area (Å²) in [5.41, 5.74) is 3.13. The lowest BCUT2D eigenvalue weighted by Crippen LogP contribution is -2.36. The number of fused-ring (bicyclic) bond motifs is 1. The summed E-state index contributed by atoms with van der Waals surface area (Å²) in [6.07, 6.45) is 9.81. The average molecular weight is 497 g/mol. The summed E-state index contributed by atoms with van der Waals surface area (Å²) in [6, 6.07) is 5.30. The number of hydrogen-bond donors (Lipinski definition) is 1. The smallest absolute Gasteiger partial charge is 0.335 e. The molecule has 182 valence electrons. The lowest BCUT2D eigenvalue weighted by atomic mass is 10.1. The third kappa shape index (κ3) is 5.48. The molecule has 0 atom stereocenters. The van der Waals surface area contributed by atoms with Gasteiger partial charge in [0.25, 0.3) is 0 Å². The maximum atomic E-state index is 14.3. The first-order valence-electron chi connectivity index (χ1n) is 11.2. The molecule has 0 spiro atoms. The van der Waals surface area contributed by atoms with Crippen LogP contribution >= 0.6 is 0 Å². The highest BCUT2D eigenvalue weighted by Crippen LogP contribution is 2.30. The number of hydrogen-bond acceptors (Lipinski definition) is 9. The summed E-state index contributed by atoms with van der Waals surface area (Å²) in [5, 5.41) is 8.47. The van der Waals surface area contributed by atoms with Gasteiger partial charge in [-0.05, 0) is 49.4 Å². The van der Waals surface area contributed by atoms with Crippen LogP contribution in [0.1, 0.15) is 36.9 Å². The van der Waals surface area contributed by atoms with E-state index in [9.17, 15) is 4.39 Å². The molecule has 0 bridgehead atoms. The van der Waals surface area contributed by atoms with Crippen LogP contribution in [0.2, 0.25) is 0 Å².